The van der Waals surface area contributed by atoms with Crippen LogP contribution in [0.2, 0.25) is 0 Å². The fourth-order valence-corrected chi connectivity index (χ4v) is 5.23. The molecule has 1 aromatic heterocycles. The van der Waals surface area contributed by atoms with E-state index in [1.165, 1.54) is 6.42 Å². The molecule has 3 rings (SSSR count). The zero-order chi connectivity index (χ0) is 13.8. The summed E-state index contributed by atoms with van der Waals surface area (Å²) < 4.78 is 22.9. The van der Waals surface area contributed by atoms with E-state index in [0.29, 0.717) is 23.1 Å². The van der Waals surface area contributed by atoms with Crippen LogP contribution in [0.5, 0.6) is 0 Å². The van der Waals surface area contributed by atoms with Crippen molar-refractivity contribution >= 4 is 27.3 Å². The minimum atomic E-state index is -3.73. The molecule has 7 heteroatoms. The van der Waals surface area contributed by atoms with Crippen LogP contribution in [0.4, 0.5) is 0 Å². The Hall–Kier alpha value is -0.920. The molecule has 0 radical (unpaired) electrons. The molecule has 2 fully saturated rings. The van der Waals surface area contributed by atoms with Crippen LogP contribution in [0.1, 0.15) is 35.2 Å². The number of carbonyl (C=O) groups excluding carboxylic acids is 1. The second-order valence-corrected chi connectivity index (χ2v) is 8.03. The number of thiophene rings is 1. The first kappa shape index (κ1) is 13.1. The molecule has 1 saturated carbocycles. The second-order valence-electron chi connectivity index (χ2n) is 5.40. The summed E-state index contributed by atoms with van der Waals surface area (Å²) in [4.78, 5) is 14.4. The van der Waals surface area contributed by atoms with E-state index in [1.54, 1.807) is 12.3 Å². The number of hydrogen-bond donors (Lipinski definition) is 1. The Balaban J connectivity index is 1.91. The van der Waals surface area contributed by atoms with Crippen molar-refractivity contribution in [3.05, 3.63) is 16.5 Å². The van der Waals surface area contributed by atoms with Crippen molar-refractivity contribution in [2.24, 2.45) is 11.1 Å². The first-order valence-corrected chi connectivity index (χ1v) is 8.72. The van der Waals surface area contributed by atoms with E-state index in [4.69, 9.17) is 5.14 Å². The lowest BCUT2D eigenvalue weighted by Gasteiger charge is -2.27. The van der Waals surface area contributed by atoms with Crippen molar-refractivity contribution in [2.75, 3.05) is 6.54 Å². The zero-order valence-corrected chi connectivity index (χ0v) is 12.3. The average Bonchev–Trinajstić information content (AvgIpc) is 3.00. The monoisotopic (exact) mass is 300 g/mol. The van der Waals surface area contributed by atoms with Crippen LogP contribution in [0.15, 0.2) is 9.59 Å². The quantitative estimate of drug-likeness (QED) is 0.894. The molecule has 19 heavy (non-hydrogen) atoms. The maximum absolute atomic E-state index is 12.5. The fourth-order valence-electron chi connectivity index (χ4n) is 3.22. The highest BCUT2D eigenvalue weighted by atomic mass is 32.2. The van der Waals surface area contributed by atoms with Crippen molar-refractivity contribution in [3.63, 3.8) is 0 Å². The number of sulfonamides is 1. The summed E-state index contributed by atoms with van der Waals surface area (Å²) in [6.45, 7) is 2.46. The Labute approximate surface area is 116 Å². The van der Waals surface area contributed by atoms with Gasteiger partial charge in [0.25, 0.3) is 5.91 Å². The summed E-state index contributed by atoms with van der Waals surface area (Å²) in [6, 6.07) is 0.342. The lowest BCUT2D eigenvalue weighted by atomic mass is 10.1. The number of likely N-dealkylation sites (tertiary alicyclic amines) is 1. The number of primary sulfonamides is 1. The van der Waals surface area contributed by atoms with Gasteiger partial charge >= 0.3 is 0 Å². The first-order valence-electron chi connectivity index (χ1n) is 6.30. The highest BCUT2D eigenvalue weighted by Gasteiger charge is 2.41. The number of amides is 1. The molecule has 2 atom stereocenters. The molecule has 0 spiro atoms. The Kier molecular flexibility index (Phi) is 2.95. The molecule has 1 aromatic rings. The highest BCUT2D eigenvalue weighted by molar-refractivity contribution is 7.91. The Bertz CT molecular complexity index is 635. The molecule has 2 aliphatic rings. The summed E-state index contributed by atoms with van der Waals surface area (Å²) in [5.41, 5.74) is 0.974. The molecule has 2 bridgehead atoms. The van der Waals surface area contributed by atoms with Gasteiger partial charge in [0.05, 0.1) is 5.56 Å². The molecule has 0 aromatic carbocycles. The van der Waals surface area contributed by atoms with Gasteiger partial charge in [-0.1, -0.05) is 0 Å². The number of nitrogens with zero attached hydrogens (tertiary/aromatic N) is 1. The zero-order valence-electron chi connectivity index (χ0n) is 10.6. The van der Waals surface area contributed by atoms with Crippen molar-refractivity contribution in [1.29, 1.82) is 0 Å². The molecule has 1 aliphatic heterocycles. The SMILES string of the molecule is Cc1c(C(=O)N2CC3CCC2C3)csc1S(N)(=O)=O. The van der Waals surface area contributed by atoms with E-state index in [0.717, 1.165) is 30.7 Å². The minimum Gasteiger partial charge on any atom is -0.335 e. The summed E-state index contributed by atoms with van der Waals surface area (Å²) in [6.07, 6.45) is 3.37. The van der Waals surface area contributed by atoms with Gasteiger partial charge in [-0.2, -0.15) is 0 Å². The lowest BCUT2D eigenvalue weighted by molar-refractivity contribution is 0.0703. The van der Waals surface area contributed by atoms with E-state index in [9.17, 15) is 13.2 Å². The Morgan fingerprint density at radius 2 is 2.21 bits per heavy atom. The van der Waals surface area contributed by atoms with Gasteiger partial charge in [0.15, 0.2) is 0 Å². The normalized spacial score (nSPS) is 26.1. The molecule has 2 heterocycles. The van der Waals surface area contributed by atoms with E-state index in [2.05, 4.69) is 0 Å². The van der Waals surface area contributed by atoms with Gasteiger partial charge in [0, 0.05) is 18.0 Å². The molecule has 1 amide bonds. The molecule has 104 valence electrons. The van der Waals surface area contributed by atoms with Gasteiger partial charge in [0.1, 0.15) is 4.21 Å². The van der Waals surface area contributed by atoms with Crippen LogP contribution in [-0.4, -0.2) is 31.8 Å². The van der Waals surface area contributed by atoms with Gasteiger partial charge in [0.2, 0.25) is 10.0 Å². The minimum absolute atomic E-state index is 0.0455. The number of nitrogens with two attached hydrogens (primary N) is 1. The van der Waals surface area contributed by atoms with Crippen LogP contribution in [0.25, 0.3) is 0 Å². The van der Waals surface area contributed by atoms with Gasteiger partial charge in [-0.05, 0) is 37.7 Å². The smallest absolute Gasteiger partial charge is 0.255 e. The van der Waals surface area contributed by atoms with Crippen molar-refractivity contribution in [1.82, 2.24) is 4.90 Å². The summed E-state index contributed by atoms with van der Waals surface area (Å²) in [5, 5.41) is 6.76. The van der Waals surface area contributed by atoms with E-state index >= 15 is 0 Å². The van der Waals surface area contributed by atoms with Gasteiger partial charge < -0.3 is 4.90 Å². The third-order valence-corrected chi connectivity index (χ3v) is 6.84. The lowest BCUT2D eigenvalue weighted by Crippen LogP contribution is -2.37. The van der Waals surface area contributed by atoms with Gasteiger partial charge in [-0.25, -0.2) is 13.6 Å². The number of hydrogen-bond acceptors (Lipinski definition) is 4. The molecular formula is C12H16N2O3S2. The third-order valence-electron chi connectivity index (χ3n) is 4.15. The van der Waals surface area contributed by atoms with Crippen molar-refractivity contribution < 1.29 is 13.2 Å². The predicted octanol–water partition coefficient (Wildman–Crippen LogP) is 1.33. The topological polar surface area (TPSA) is 80.5 Å². The molecule has 1 aliphatic carbocycles. The average molecular weight is 300 g/mol. The van der Waals surface area contributed by atoms with Crippen molar-refractivity contribution in [2.45, 2.75) is 36.4 Å². The van der Waals surface area contributed by atoms with Crippen LogP contribution in [-0.2, 0) is 10.0 Å². The van der Waals surface area contributed by atoms with E-state index in [-0.39, 0.29) is 10.1 Å². The number of rotatable bonds is 2. The van der Waals surface area contributed by atoms with Crippen LogP contribution < -0.4 is 5.14 Å². The maximum atomic E-state index is 12.5. The molecule has 2 unspecified atom stereocenters. The van der Waals surface area contributed by atoms with Crippen molar-refractivity contribution in [3.8, 4) is 0 Å². The third kappa shape index (κ3) is 2.09. The first-order chi connectivity index (χ1) is 8.88. The Morgan fingerprint density at radius 3 is 2.68 bits per heavy atom. The Morgan fingerprint density at radius 1 is 1.47 bits per heavy atom. The van der Waals surface area contributed by atoms with Gasteiger partial charge in [-0.15, -0.1) is 11.3 Å². The molecule has 2 N–H and O–H groups in total. The van der Waals surface area contributed by atoms with Crippen LogP contribution >= 0.6 is 11.3 Å². The summed E-state index contributed by atoms with van der Waals surface area (Å²) >= 11 is 1.03. The molecule has 1 saturated heterocycles. The van der Waals surface area contributed by atoms with Gasteiger partial charge in [-0.3, -0.25) is 4.79 Å². The molecular weight excluding hydrogens is 284 g/mol. The molecule has 5 nitrogen and oxygen atoms in total. The summed E-state index contributed by atoms with van der Waals surface area (Å²) in [7, 11) is -3.73. The summed E-state index contributed by atoms with van der Waals surface area (Å²) in [5.74, 6) is 0.585. The number of piperidine rings is 1. The van der Waals surface area contributed by atoms with E-state index < -0.39 is 10.0 Å². The highest BCUT2D eigenvalue weighted by Crippen LogP contribution is 2.39. The van der Waals surface area contributed by atoms with Crippen LogP contribution in [0.3, 0.4) is 0 Å². The largest absolute Gasteiger partial charge is 0.335 e. The maximum Gasteiger partial charge on any atom is 0.255 e. The van der Waals surface area contributed by atoms with Crippen LogP contribution in [0, 0.1) is 12.8 Å². The van der Waals surface area contributed by atoms with E-state index in [1.807, 2.05) is 4.90 Å². The predicted molar refractivity (Wildman–Crippen MR) is 72.6 cm³/mol. The standard InChI is InChI=1S/C12H16N2O3S2/c1-7-10(6-18-12(7)19(13,16)17)11(15)14-5-8-2-3-9(14)4-8/h6,8-9H,2-5H2,1H3,(H2,13,16,17). The number of fused-ring (bicyclic) bond motifs is 2. The fraction of sp³-hybridized carbons (Fsp3) is 0.583. The number of carbonyl (C=O) groups is 1. The second kappa shape index (κ2) is 4.29.